The summed E-state index contributed by atoms with van der Waals surface area (Å²) in [5.41, 5.74) is 0.864. The Morgan fingerprint density at radius 2 is 1.71 bits per heavy atom. The maximum absolute atomic E-state index is 13.8. The number of hydrogen-bond acceptors (Lipinski definition) is 6. The smallest absolute Gasteiger partial charge is 0.325 e. The highest BCUT2D eigenvalue weighted by molar-refractivity contribution is 5.95. The second-order valence-corrected chi connectivity index (χ2v) is 10.7. The molecule has 2 aromatic rings. The standard InChI is InChI=1S/C27H36N6O2/c1-28-18-23-29-16-22(17-30-23)32-19-25(33(24(32)34)20-26(35)10-7-11-26)12-14-27(15-13-25,31(2)3)21-8-5-4-6-9-21/h4-6,8-9,16-18,35H,7,10-15,19-20H2,1-3H3. The molecule has 5 rings (SSSR count). The van der Waals surface area contributed by atoms with Gasteiger partial charge in [0.05, 0.1) is 48.5 Å². The molecule has 0 radical (unpaired) electrons. The lowest BCUT2D eigenvalue weighted by Crippen LogP contribution is -2.59. The van der Waals surface area contributed by atoms with Crippen LogP contribution in [0.25, 0.3) is 0 Å². The monoisotopic (exact) mass is 476 g/mol. The van der Waals surface area contributed by atoms with Crippen LogP contribution < -0.4 is 4.90 Å². The first-order valence-corrected chi connectivity index (χ1v) is 12.6. The number of benzene rings is 1. The number of hydrogen-bond donors (Lipinski definition) is 1. The van der Waals surface area contributed by atoms with Gasteiger partial charge in [0.2, 0.25) is 0 Å². The molecule has 0 atom stereocenters. The van der Waals surface area contributed by atoms with Crippen LogP contribution in [0.2, 0.25) is 0 Å². The van der Waals surface area contributed by atoms with E-state index in [1.807, 2.05) is 4.90 Å². The lowest BCUT2D eigenvalue weighted by atomic mass is 9.67. The fourth-order valence-electron chi connectivity index (χ4n) is 6.22. The van der Waals surface area contributed by atoms with E-state index in [1.165, 1.54) is 5.56 Å². The molecule has 1 spiro atoms. The van der Waals surface area contributed by atoms with E-state index in [9.17, 15) is 9.90 Å². The average Bonchev–Trinajstić information content (AvgIpc) is 3.11. The molecule has 2 heterocycles. The van der Waals surface area contributed by atoms with Crippen LogP contribution in [0.4, 0.5) is 10.5 Å². The predicted octanol–water partition coefficient (Wildman–Crippen LogP) is 3.45. The highest BCUT2D eigenvalue weighted by atomic mass is 16.3. The van der Waals surface area contributed by atoms with Crippen molar-refractivity contribution in [2.45, 2.75) is 61.6 Å². The Kier molecular flexibility index (Phi) is 6.13. The lowest BCUT2D eigenvalue weighted by Gasteiger charge is -2.52. The van der Waals surface area contributed by atoms with Crippen LogP contribution in [0.5, 0.6) is 0 Å². The van der Waals surface area contributed by atoms with E-state index in [4.69, 9.17) is 0 Å². The molecule has 35 heavy (non-hydrogen) atoms. The van der Waals surface area contributed by atoms with Crippen molar-refractivity contribution in [3.63, 3.8) is 0 Å². The first-order chi connectivity index (χ1) is 16.8. The van der Waals surface area contributed by atoms with Gasteiger partial charge in [0.1, 0.15) is 0 Å². The molecule has 8 heteroatoms. The highest BCUT2D eigenvalue weighted by Crippen LogP contribution is 2.50. The number of aliphatic imine (C=N–C) groups is 1. The third kappa shape index (κ3) is 4.12. The van der Waals surface area contributed by atoms with Crippen LogP contribution in [0.1, 0.15) is 56.3 Å². The van der Waals surface area contributed by atoms with Crippen LogP contribution in [-0.2, 0) is 5.54 Å². The lowest BCUT2D eigenvalue weighted by molar-refractivity contribution is -0.0725. The van der Waals surface area contributed by atoms with Gasteiger partial charge in [-0.1, -0.05) is 30.3 Å². The second-order valence-electron chi connectivity index (χ2n) is 10.7. The minimum Gasteiger partial charge on any atom is -0.388 e. The van der Waals surface area contributed by atoms with Gasteiger partial charge in [0.25, 0.3) is 0 Å². The summed E-state index contributed by atoms with van der Waals surface area (Å²) < 4.78 is 0. The Balaban J connectivity index is 1.45. The second kappa shape index (κ2) is 8.99. The zero-order valence-corrected chi connectivity index (χ0v) is 21.0. The fourth-order valence-corrected chi connectivity index (χ4v) is 6.22. The zero-order valence-electron chi connectivity index (χ0n) is 21.0. The quantitative estimate of drug-likeness (QED) is 0.646. The van der Waals surface area contributed by atoms with Crippen molar-refractivity contribution in [2.24, 2.45) is 4.99 Å². The van der Waals surface area contributed by atoms with Crippen molar-refractivity contribution in [1.82, 2.24) is 19.8 Å². The van der Waals surface area contributed by atoms with Crippen molar-refractivity contribution < 1.29 is 9.90 Å². The van der Waals surface area contributed by atoms with Crippen molar-refractivity contribution in [2.75, 3.05) is 39.1 Å². The maximum Gasteiger partial charge on any atom is 0.325 e. The van der Waals surface area contributed by atoms with Crippen molar-refractivity contribution in [3.05, 3.63) is 54.1 Å². The van der Waals surface area contributed by atoms with E-state index in [1.54, 1.807) is 30.6 Å². The summed E-state index contributed by atoms with van der Waals surface area (Å²) in [6, 6.07) is 10.7. The Morgan fingerprint density at radius 1 is 1.06 bits per heavy atom. The van der Waals surface area contributed by atoms with Crippen molar-refractivity contribution in [1.29, 1.82) is 0 Å². The molecule has 2 aliphatic carbocycles. The van der Waals surface area contributed by atoms with E-state index < -0.39 is 5.60 Å². The molecule has 2 saturated carbocycles. The van der Waals surface area contributed by atoms with Gasteiger partial charge in [0, 0.05) is 12.6 Å². The summed E-state index contributed by atoms with van der Waals surface area (Å²) in [4.78, 5) is 32.7. The molecule has 1 aromatic heterocycles. The number of aromatic nitrogens is 2. The van der Waals surface area contributed by atoms with Crippen LogP contribution in [-0.4, -0.2) is 82.5 Å². The summed E-state index contributed by atoms with van der Waals surface area (Å²) >= 11 is 0. The number of amides is 2. The number of nitrogens with zero attached hydrogens (tertiary/aromatic N) is 6. The average molecular weight is 477 g/mol. The van der Waals surface area contributed by atoms with Crippen LogP contribution in [0.3, 0.4) is 0 Å². The third-order valence-electron chi connectivity index (χ3n) is 8.61. The molecule has 8 nitrogen and oxygen atoms in total. The van der Waals surface area contributed by atoms with E-state index in [2.05, 4.69) is 64.3 Å². The largest absolute Gasteiger partial charge is 0.388 e. The number of aliphatic hydroxyl groups is 1. The molecule has 1 aromatic carbocycles. The van der Waals surface area contributed by atoms with Crippen LogP contribution in [0, 0.1) is 0 Å². The summed E-state index contributed by atoms with van der Waals surface area (Å²) in [5, 5.41) is 11.1. The molecule has 0 unspecified atom stereocenters. The number of carbonyl (C=O) groups excluding carboxylic acids is 1. The molecule has 3 aliphatic rings. The number of carbonyl (C=O) groups is 1. The topological polar surface area (TPSA) is 85.2 Å². The minimum absolute atomic E-state index is 0.0529. The van der Waals surface area contributed by atoms with Crippen molar-refractivity contribution >= 4 is 17.9 Å². The Labute approximate surface area is 207 Å². The number of rotatable bonds is 6. The highest BCUT2D eigenvalue weighted by Gasteiger charge is 2.56. The van der Waals surface area contributed by atoms with Gasteiger partial charge in [-0.25, -0.2) is 14.8 Å². The summed E-state index contributed by atoms with van der Waals surface area (Å²) in [6.07, 6.45) is 11.2. The van der Waals surface area contributed by atoms with Gasteiger partial charge in [-0.05, 0) is 64.6 Å². The van der Waals surface area contributed by atoms with Crippen LogP contribution >= 0.6 is 0 Å². The van der Waals surface area contributed by atoms with E-state index in [0.717, 1.165) is 44.9 Å². The molecule has 186 valence electrons. The predicted molar refractivity (Wildman–Crippen MR) is 137 cm³/mol. The Bertz CT molecular complexity index is 1070. The SMILES string of the molecule is CN=Cc1ncc(N2CC3(CCC(c4ccccc4)(N(C)C)CC3)N(CC3(O)CCC3)C2=O)cn1. The van der Waals surface area contributed by atoms with E-state index in [0.29, 0.717) is 24.6 Å². The first-order valence-electron chi connectivity index (χ1n) is 12.6. The molecule has 1 N–H and O–H groups in total. The third-order valence-corrected chi connectivity index (χ3v) is 8.61. The molecule has 1 saturated heterocycles. The van der Waals surface area contributed by atoms with Crippen molar-refractivity contribution in [3.8, 4) is 0 Å². The number of β-amino-alcohol motifs (C(OH)–C–C–N with tert-alkyl or cyclic N) is 1. The van der Waals surface area contributed by atoms with Gasteiger partial charge >= 0.3 is 6.03 Å². The van der Waals surface area contributed by atoms with E-state index in [-0.39, 0.29) is 17.1 Å². The Morgan fingerprint density at radius 3 is 2.26 bits per heavy atom. The molecule has 1 aliphatic heterocycles. The molecule has 3 fully saturated rings. The summed E-state index contributed by atoms with van der Waals surface area (Å²) in [6.45, 7) is 0.981. The fraction of sp³-hybridized carbons (Fsp3) is 0.556. The molecule has 2 amide bonds. The molecule has 0 bridgehead atoms. The van der Waals surface area contributed by atoms with Gasteiger partial charge < -0.3 is 10.0 Å². The molecular weight excluding hydrogens is 440 g/mol. The molecular formula is C27H36N6O2. The van der Waals surface area contributed by atoms with E-state index >= 15 is 0 Å². The van der Waals surface area contributed by atoms with Gasteiger partial charge in [0.15, 0.2) is 5.82 Å². The van der Waals surface area contributed by atoms with Gasteiger partial charge in [-0.15, -0.1) is 0 Å². The zero-order chi connectivity index (χ0) is 24.7. The summed E-state index contributed by atoms with van der Waals surface area (Å²) in [7, 11) is 6.00. The number of urea groups is 1. The van der Waals surface area contributed by atoms with Gasteiger partial charge in [-0.2, -0.15) is 0 Å². The van der Waals surface area contributed by atoms with Gasteiger partial charge in [-0.3, -0.25) is 14.8 Å². The van der Waals surface area contributed by atoms with Crippen LogP contribution in [0.15, 0.2) is 47.7 Å². The minimum atomic E-state index is -0.772. The Hall–Kier alpha value is -2.84. The normalized spacial score (nSPS) is 28.3. The first kappa shape index (κ1) is 23.9. The summed E-state index contributed by atoms with van der Waals surface area (Å²) in [5.74, 6) is 0.523. The maximum atomic E-state index is 13.8. The number of anilines is 1.